The third-order valence-electron chi connectivity index (χ3n) is 5.50. The summed E-state index contributed by atoms with van der Waals surface area (Å²) in [6.07, 6.45) is 14.8. The van der Waals surface area contributed by atoms with Crippen molar-refractivity contribution in [3.8, 4) is 0 Å². The number of hydrogen-bond acceptors (Lipinski definition) is 1. The molecule has 0 unspecified atom stereocenters. The normalized spacial score (nSPS) is 42.7. The molecule has 1 radical (unpaired) electrons. The Bertz CT molecular complexity index is 251. The van der Waals surface area contributed by atoms with Gasteiger partial charge in [0, 0.05) is 6.54 Å². The van der Waals surface area contributed by atoms with Crippen LogP contribution in [0.2, 0.25) is 0 Å². The van der Waals surface area contributed by atoms with Crippen LogP contribution in [0.4, 0.5) is 0 Å². The molecule has 4 bridgehead atoms. The van der Waals surface area contributed by atoms with Gasteiger partial charge >= 0.3 is 6.41 Å². The van der Waals surface area contributed by atoms with Crippen molar-refractivity contribution in [3.63, 3.8) is 0 Å². The minimum atomic E-state index is 0.722. The molecule has 1 N–H and O–H groups in total. The van der Waals surface area contributed by atoms with E-state index in [9.17, 15) is 4.79 Å². The van der Waals surface area contributed by atoms with Gasteiger partial charge in [0.2, 0.25) is 0 Å². The lowest BCUT2D eigenvalue weighted by Gasteiger charge is -2.57. The predicted octanol–water partition coefficient (Wildman–Crippen LogP) is 3.03. The van der Waals surface area contributed by atoms with Crippen LogP contribution in [0.3, 0.4) is 0 Å². The molecule has 4 aliphatic rings. The van der Waals surface area contributed by atoms with Gasteiger partial charge in [-0.15, -0.1) is 0 Å². The quantitative estimate of drug-likeness (QED) is 0.555. The summed E-state index contributed by atoms with van der Waals surface area (Å²) in [5.41, 5.74) is 0.722. The van der Waals surface area contributed by atoms with Gasteiger partial charge in [0.05, 0.1) is 0 Å². The molecule has 0 saturated heterocycles. The second-order valence-electron chi connectivity index (χ2n) is 6.90. The van der Waals surface area contributed by atoms with E-state index < -0.39 is 0 Å². The van der Waals surface area contributed by atoms with Gasteiger partial charge in [0.15, 0.2) is 0 Å². The number of nitrogens with one attached hydrogen (secondary N) is 1. The second-order valence-corrected chi connectivity index (χ2v) is 6.90. The van der Waals surface area contributed by atoms with Crippen molar-refractivity contribution < 1.29 is 4.79 Å². The SMILES string of the molecule is O=[C]NCCCCC12CC3CC(CC(C3)C1)C2. The number of rotatable bonds is 6. The van der Waals surface area contributed by atoms with Crippen LogP contribution in [0, 0.1) is 23.2 Å². The fourth-order valence-corrected chi connectivity index (χ4v) is 5.36. The van der Waals surface area contributed by atoms with E-state index >= 15 is 0 Å². The Balaban J connectivity index is 1.50. The average molecular weight is 234 g/mol. The summed E-state index contributed by atoms with van der Waals surface area (Å²) in [5.74, 6) is 3.22. The molecule has 0 aromatic heterocycles. The van der Waals surface area contributed by atoms with E-state index in [-0.39, 0.29) is 0 Å². The van der Waals surface area contributed by atoms with Gasteiger partial charge in [-0.2, -0.15) is 0 Å². The zero-order chi connectivity index (χ0) is 11.7. The molecule has 2 heteroatoms. The predicted molar refractivity (Wildman–Crippen MR) is 68.2 cm³/mol. The van der Waals surface area contributed by atoms with Gasteiger partial charge in [-0.3, -0.25) is 4.79 Å². The lowest BCUT2D eigenvalue weighted by Crippen LogP contribution is -2.45. The third-order valence-corrected chi connectivity index (χ3v) is 5.50. The monoisotopic (exact) mass is 234 g/mol. The molecule has 0 aliphatic heterocycles. The highest BCUT2D eigenvalue weighted by molar-refractivity contribution is 5.46. The zero-order valence-corrected chi connectivity index (χ0v) is 10.7. The van der Waals surface area contributed by atoms with Gasteiger partial charge in [0.1, 0.15) is 0 Å². The van der Waals surface area contributed by atoms with E-state index in [4.69, 9.17) is 0 Å². The summed E-state index contributed by atoms with van der Waals surface area (Å²) in [6, 6.07) is 0. The van der Waals surface area contributed by atoms with Crippen LogP contribution < -0.4 is 5.32 Å². The maximum atomic E-state index is 10.1. The first-order chi connectivity index (χ1) is 8.30. The molecule has 0 aromatic rings. The topological polar surface area (TPSA) is 29.1 Å². The molecule has 4 fully saturated rings. The van der Waals surface area contributed by atoms with Crippen molar-refractivity contribution in [2.75, 3.05) is 6.54 Å². The molecule has 0 spiro atoms. The van der Waals surface area contributed by atoms with Gasteiger partial charge in [0.25, 0.3) is 0 Å². The lowest BCUT2D eigenvalue weighted by atomic mass is 9.48. The summed E-state index contributed by atoms with van der Waals surface area (Å²) in [6.45, 7) is 0.815. The highest BCUT2D eigenvalue weighted by Crippen LogP contribution is 2.61. The molecule has 4 rings (SSSR count). The van der Waals surface area contributed by atoms with Gasteiger partial charge in [-0.25, -0.2) is 0 Å². The van der Waals surface area contributed by atoms with E-state index in [1.165, 1.54) is 32.1 Å². The van der Waals surface area contributed by atoms with Crippen molar-refractivity contribution in [2.45, 2.75) is 57.8 Å². The standard InChI is InChI=1S/C15H24NO/c17-11-16-4-2-1-3-15-8-12-5-13(9-15)7-14(6-12)10-15/h12-14H,1-10H2,(H,16,17). The summed E-state index contributed by atoms with van der Waals surface area (Å²) in [4.78, 5) is 10.1. The van der Waals surface area contributed by atoms with E-state index in [0.29, 0.717) is 0 Å². The maximum absolute atomic E-state index is 10.1. The largest absolute Gasteiger partial charge is 0.348 e. The fourth-order valence-electron chi connectivity index (χ4n) is 5.36. The van der Waals surface area contributed by atoms with Gasteiger partial charge in [-0.05, 0) is 74.5 Å². The number of carbonyl (C=O) groups excluding carboxylic acids is 1. The zero-order valence-electron chi connectivity index (χ0n) is 10.7. The Labute approximate surface area is 105 Å². The van der Waals surface area contributed by atoms with Crippen LogP contribution >= 0.6 is 0 Å². The lowest BCUT2D eigenvalue weighted by molar-refractivity contribution is -0.0582. The summed E-state index contributed by atoms with van der Waals surface area (Å²) >= 11 is 0. The Morgan fingerprint density at radius 3 is 2.12 bits per heavy atom. The van der Waals surface area contributed by atoms with Crippen LogP contribution in [0.25, 0.3) is 0 Å². The van der Waals surface area contributed by atoms with Crippen LogP contribution in [-0.4, -0.2) is 13.0 Å². The molecule has 95 valence electrons. The molecule has 0 aromatic carbocycles. The Morgan fingerprint density at radius 2 is 1.59 bits per heavy atom. The highest BCUT2D eigenvalue weighted by atomic mass is 16.1. The van der Waals surface area contributed by atoms with Crippen molar-refractivity contribution in [1.82, 2.24) is 5.32 Å². The van der Waals surface area contributed by atoms with E-state index in [1.807, 2.05) is 0 Å². The van der Waals surface area contributed by atoms with E-state index in [0.717, 1.165) is 36.1 Å². The molecule has 1 amide bonds. The smallest absolute Gasteiger partial charge is 0.309 e. The van der Waals surface area contributed by atoms with Crippen LogP contribution in [0.5, 0.6) is 0 Å². The number of amides is 1. The van der Waals surface area contributed by atoms with E-state index in [2.05, 4.69) is 5.32 Å². The van der Waals surface area contributed by atoms with Crippen molar-refractivity contribution in [3.05, 3.63) is 0 Å². The third kappa shape index (κ3) is 2.36. The first-order valence-electron chi connectivity index (χ1n) is 7.40. The van der Waals surface area contributed by atoms with Crippen molar-refractivity contribution in [2.24, 2.45) is 23.2 Å². The minimum Gasteiger partial charge on any atom is -0.348 e. The molecule has 0 heterocycles. The number of hydrogen-bond donors (Lipinski definition) is 1. The minimum absolute atomic E-state index is 0.722. The maximum Gasteiger partial charge on any atom is 0.309 e. The first kappa shape index (κ1) is 11.6. The fraction of sp³-hybridized carbons (Fsp3) is 0.933. The molecular formula is C15H24NO. The molecular weight excluding hydrogens is 210 g/mol. The highest BCUT2D eigenvalue weighted by Gasteiger charge is 2.50. The van der Waals surface area contributed by atoms with Crippen molar-refractivity contribution in [1.29, 1.82) is 0 Å². The van der Waals surface area contributed by atoms with Gasteiger partial charge < -0.3 is 5.32 Å². The van der Waals surface area contributed by atoms with Crippen LogP contribution in [0.1, 0.15) is 57.8 Å². The summed E-state index contributed by atoms with van der Waals surface area (Å²) in [5, 5.41) is 2.65. The van der Waals surface area contributed by atoms with Crippen LogP contribution in [0.15, 0.2) is 0 Å². The average Bonchev–Trinajstić information content (AvgIpc) is 2.26. The Hall–Kier alpha value is -0.530. The van der Waals surface area contributed by atoms with Gasteiger partial charge in [-0.1, -0.05) is 6.42 Å². The molecule has 0 atom stereocenters. The summed E-state index contributed by atoms with van der Waals surface area (Å²) < 4.78 is 0. The second kappa shape index (κ2) is 4.62. The van der Waals surface area contributed by atoms with Crippen LogP contribution in [-0.2, 0) is 4.79 Å². The van der Waals surface area contributed by atoms with E-state index in [1.54, 1.807) is 25.7 Å². The Kier molecular flexibility index (Phi) is 3.14. The number of unbranched alkanes of at least 4 members (excludes halogenated alkanes) is 1. The molecule has 4 aliphatic carbocycles. The Morgan fingerprint density at radius 1 is 1.00 bits per heavy atom. The molecule has 17 heavy (non-hydrogen) atoms. The summed E-state index contributed by atoms with van der Waals surface area (Å²) in [7, 11) is 0. The molecule has 2 nitrogen and oxygen atoms in total. The first-order valence-corrected chi connectivity index (χ1v) is 7.40. The molecule has 4 saturated carbocycles. The van der Waals surface area contributed by atoms with Crippen molar-refractivity contribution >= 4 is 6.41 Å².